The Morgan fingerprint density at radius 3 is 2.37 bits per heavy atom. The molecule has 0 unspecified atom stereocenters. The Balaban J connectivity index is 1.30. The van der Waals surface area contributed by atoms with Crippen LogP contribution in [0.25, 0.3) is 17.0 Å². The van der Waals surface area contributed by atoms with Gasteiger partial charge >= 0.3 is 0 Å². The first-order valence-corrected chi connectivity index (χ1v) is 9.45. The van der Waals surface area contributed by atoms with Crippen LogP contribution in [-0.2, 0) is 6.54 Å². The average Bonchev–Trinajstić information content (AvgIpc) is 2.70. The molecule has 1 saturated heterocycles. The van der Waals surface area contributed by atoms with E-state index in [1.165, 1.54) is 5.56 Å². The number of nitrogens with zero attached hydrogens (tertiary/aromatic N) is 4. The molecule has 1 fully saturated rings. The van der Waals surface area contributed by atoms with Crippen molar-refractivity contribution >= 4 is 22.8 Å². The molecule has 5 nitrogen and oxygen atoms in total. The third-order valence-corrected chi connectivity index (χ3v) is 4.98. The highest BCUT2D eigenvalue weighted by Crippen LogP contribution is 2.18. The van der Waals surface area contributed by atoms with Crippen LogP contribution in [-0.4, -0.2) is 52.5 Å². The number of piperazine rings is 1. The molecule has 3 aromatic rings. The van der Waals surface area contributed by atoms with Gasteiger partial charge in [0.05, 0.1) is 12.1 Å². The molecule has 2 N–H and O–H groups in total. The summed E-state index contributed by atoms with van der Waals surface area (Å²) in [7, 11) is 0. The fourth-order valence-electron chi connectivity index (χ4n) is 3.45. The van der Waals surface area contributed by atoms with E-state index >= 15 is 0 Å². The van der Waals surface area contributed by atoms with Crippen molar-refractivity contribution in [3.8, 4) is 0 Å². The molecule has 0 bridgehead atoms. The maximum absolute atomic E-state index is 6.10. The molecular formula is C22H25N5. The summed E-state index contributed by atoms with van der Waals surface area (Å²) in [6.07, 6.45) is 4.44. The first-order valence-electron chi connectivity index (χ1n) is 9.45. The van der Waals surface area contributed by atoms with Crippen molar-refractivity contribution in [1.82, 2.24) is 19.8 Å². The number of fused-ring (bicyclic) bond motifs is 1. The predicted octanol–water partition coefficient (Wildman–Crippen LogP) is 3.04. The maximum Gasteiger partial charge on any atom is 0.145 e. The van der Waals surface area contributed by atoms with Crippen LogP contribution < -0.4 is 5.73 Å². The molecule has 2 aromatic carbocycles. The van der Waals surface area contributed by atoms with E-state index in [0.29, 0.717) is 5.82 Å². The molecule has 0 amide bonds. The fraction of sp³-hybridized carbons (Fsp3) is 0.273. The Kier molecular flexibility index (Phi) is 5.42. The third kappa shape index (κ3) is 4.51. The summed E-state index contributed by atoms with van der Waals surface area (Å²) in [6, 6.07) is 18.4. The molecular weight excluding hydrogens is 334 g/mol. The monoisotopic (exact) mass is 359 g/mol. The highest BCUT2D eigenvalue weighted by atomic mass is 15.3. The van der Waals surface area contributed by atoms with Crippen LogP contribution in [0.2, 0.25) is 0 Å². The van der Waals surface area contributed by atoms with Gasteiger partial charge in [0.25, 0.3) is 0 Å². The van der Waals surface area contributed by atoms with Gasteiger partial charge in [0.1, 0.15) is 11.6 Å². The second-order valence-corrected chi connectivity index (χ2v) is 6.93. The summed E-state index contributed by atoms with van der Waals surface area (Å²) in [4.78, 5) is 14.1. The first-order chi connectivity index (χ1) is 13.3. The number of benzene rings is 2. The number of rotatable bonds is 5. The summed E-state index contributed by atoms with van der Waals surface area (Å²) in [5, 5.41) is 0.927. The lowest BCUT2D eigenvalue weighted by molar-refractivity contribution is 0.135. The standard InChI is InChI=1S/C22H25N5/c23-22-19-10-4-5-11-20(19)24-21(25-22)17-27-15-13-26(14-16-27)12-6-9-18-7-2-1-3-8-18/h1-11H,12-17H2,(H2,23,24,25). The quantitative estimate of drug-likeness (QED) is 0.759. The van der Waals surface area contributed by atoms with E-state index in [-0.39, 0.29) is 0 Å². The van der Waals surface area contributed by atoms with Gasteiger partial charge in [-0.15, -0.1) is 0 Å². The second kappa shape index (κ2) is 8.29. The van der Waals surface area contributed by atoms with E-state index in [1.807, 2.05) is 30.3 Å². The molecule has 0 saturated carbocycles. The molecule has 1 aliphatic rings. The van der Waals surface area contributed by atoms with Gasteiger partial charge in [0, 0.05) is 38.1 Å². The Morgan fingerprint density at radius 2 is 1.56 bits per heavy atom. The summed E-state index contributed by atoms with van der Waals surface area (Å²) in [6.45, 7) is 5.90. The van der Waals surface area contributed by atoms with Gasteiger partial charge in [-0.05, 0) is 17.7 Å². The molecule has 0 aliphatic carbocycles. The molecule has 138 valence electrons. The van der Waals surface area contributed by atoms with E-state index in [9.17, 15) is 0 Å². The smallest absolute Gasteiger partial charge is 0.145 e. The van der Waals surface area contributed by atoms with Gasteiger partial charge in [-0.3, -0.25) is 9.80 Å². The van der Waals surface area contributed by atoms with Gasteiger partial charge < -0.3 is 5.73 Å². The van der Waals surface area contributed by atoms with E-state index in [1.54, 1.807) is 0 Å². The zero-order chi connectivity index (χ0) is 18.5. The number of hydrogen-bond acceptors (Lipinski definition) is 5. The molecule has 1 aliphatic heterocycles. The average molecular weight is 359 g/mol. The topological polar surface area (TPSA) is 58.3 Å². The van der Waals surface area contributed by atoms with E-state index in [4.69, 9.17) is 5.73 Å². The number of aromatic nitrogens is 2. The van der Waals surface area contributed by atoms with Crippen molar-refractivity contribution in [1.29, 1.82) is 0 Å². The van der Waals surface area contributed by atoms with Crippen LogP contribution in [0, 0.1) is 0 Å². The van der Waals surface area contributed by atoms with Crippen molar-refractivity contribution in [3.05, 3.63) is 72.1 Å². The van der Waals surface area contributed by atoms with Crippen molar-refractivity contribution < 1.29 is 0 Å². The summed E-state index contributed by atoms with van der Waals surface area (Å²) in [5.74, 6) is 1.38. The summed E-state index contributed by atoms with van der Waals surface area (Å²) < 4.78 is 0. The van der Waals surface area contributed by atoms with Gasteiger partial charge in [0.15, 0.2) is 0 Å². The van der Waals surface area contributed by atoms with Crippen molar-refractivity contribution in [2.75, 3.05) is 38.5 Å². The summed E-state index contributed by atoms with van der Waals surface area (Å²) in [5.41, 5.74) is 8.27. The van der Waals surface area contributed by atoms with Crippen LogP contribution in [0.5, 0.6) is 0 Å². The summed E-state index contributed by atoms with van der Waals surface area (Å²) >= 11 is 0. The van der Waals surface area contributed by atoms with Crippen molar-refractivity contribution in [2.45, 2.75) is 6.54 Å². The predicted molar refractivity (Wildman–Crippen MR) is 111 cm³/mol. The van der Waals surface area contributed by atoms with E-state index < -0.39 is 0 Å². The lowest BCUT2D eigenvalue weighted by atomic mass is 10.2. The highest BCUT2D eigenvalue weighted by molar-refractivity contribution is 5.87. The van der Waals surface area contributed by atoms with Crippen LogP contribution in [0.1, 0.15) is 11.4 Å². The zero-order valence-electron chi connectivity index (χ0n) is 15.5. The molecule has 5 heteroatoms. The SMILES string of the molecule is Nc1nc(CN2CCN(CC=Cc3ccccc3)CC2)nc2ccccc12. The Labute approximate surface area is 160 Å². The minimum Gasteiger partial charge on any atom is -0.383 e. The number of nitrogen functional groups attached to an aromatic ring is 1. The van der Waals surface area contributed by atoms with Crippen LogP contribution in [0.4, 0.5) is 5.82 Å². The van der Waals surface area contributed by atoms with Gasteiger partial charge in [-0.25, -0.2) is 9.97 Å². The van der Waals surface area contributed by atoms with Crippen LogP contribution >= 0.6 is 0 Å². The number of para-hydroxylation sites is 1. The Hall–Kier alpha value is -2.76. The van der Waals surface area contributed by atoms with Gasteiger partial charge in [0.2, 0.25) is 0 Å². The highest BCUT2D eigenvalue weighted by Gasteiger charge is 2.17. The largest absolute Gasteiger partial charge is 0.383 e. The number of hydrogen-bond donors (Lipinski definition) is 1. The van der Waals surface area contributed by atoms with Crippen LogP contribution in [0.3, 0.4) is 0 Å². The zero-order valence-corrected chi connectivity index (χ0v) is 15.5. The lowest BCUT2D eigenvalue weighted by Gasteiger charge is -2.33. The maximum atomic E-state index is 6.10. The molecule has 0 spiro atoms. The van der Waals surface area contributed by atoms with E-state index in [0.717, 1.165) is 56.0 Å². The van der Waals surface area contributed by atoms with Crippen LogP contribution in [0.15, 0.2) is 60.7 Å². The van der Waals surface area contributed by atoms with Gasteiger partial charge in [-0.2, -0.15) is 0 Å². The molecule has 27 heavy (non-hydrogen) atoms. The minimum atomic E-state index is 0.570. The Morgan fingerprint density at radius 1 is 0.852 bits per heavy atom. The van der Waals surface area contributed by atoms with Crippen molar-refractivity contribution in [2.24, 2.45) is 0 Å². The first kappa shape index (κ1) is 17.6. The number of anilines is 1. The molecule has 4 rings (SSSR count). The van der Waals surface area contributed by atoms with Crippen molar-refractivity contribution in [3.63, 3.8) is 0 Å². The van der Waals surface area contributed by atoms with Gasteiger partial charge in [-0.1, -0.05) is 54.6 Å². The molecule has 1 aromatic heterocycles. The normalized spacial score (nSPS) is 16.3. The van der Waals surface area contributed by atoms with E-state index in [2.05, 4.69) is 56.2 Å². The second-order valence-electron chi connectivity index (χ2n) is 6.93. The Bertz CT molecular complexity index is 914. The lowest BCUT2D eigenvalue weighted by Crippen LogP contribution is -2.46. The fourth-order valence-corrected chi connectivity index (χ4v) is 3.45. The molecule has 0 atom stereocenters. The minimum absolute atomic E-state index is 0.570. The number of nitrogens with two attached hydrogens (primary N) is 1. The molecule has 0 radical (unpaired) electrons. The third-order valence-electron chi connectivity index (χ3n) is 4.98. The molecule has 2 heterocycles.